The first-order valence-electron chi connectivity index (χ1n) is 9.04. The van der Waals surface area contributed by atoms with Crippen molar-refractivity contribution < 1.29 is 22.7 Å². The minimum absolute atomic E-state index is 0.334. The summed E-state index contributed by atoms with van der Waals surface area (Å²) in [6.07, 6.45) is 1.98. The monoisotopic (exact) mass is 350 g/mol. The fourth-order valence-corrected chi connectivity index (χ4v) is 3.66. The molecule has 0 aromatic carbocycles. The lowest BCUT2D eigenvalue weighted by Gasteiger charge is -2.29. The van der Waals surface area contributed by atoms with Crippen LogP contribution in [0.15, 0.2) is 0 Å². The van der Waals surface area contributed by atoms with Crippen LogP contribution in [0.25, 0.3) is 0 Å². The predicted molar refractivity (Wildman–Crippen MR) is 85.7 cm³/mol. The molecule has 7 heteroatoms. The molecule has 2 rings (SSSR count). The molecule has 0 radical (unpaired) electrons. The van der Waals surface area contributed by atoms with Gasteiger partial charge in [-0.25, -0.2) is 0 Å². The molecule has 0 spiro atoms. The summed E-state index contributed by atoms with van der Waals surface area (Å²) in [7, 11) is 0. The predicted octanol–water partition coefficient (Wildman–Crippen LogP) is 3.07. The van der Waals surface area contributed by atoms with Crippen LogP contribution in [0.4, 0.5) is 13.2 Å². The smallest absolute Gasteiger partial charge is 0.359 e. The molecule has 1 saturated carbocycles. The summed E-state index contributed by atoms with van der Waals surface area (Å²) >= 11 is 0. The Hall–Kier alpha value is -0.820. The van der Waals surface area contributed by atoms with Gasteiger partial charge in [0.2, 0.25) is 0 Å². The van der Waals surface area contributed by atoms with E-state index >= 15 is 0 Å². The molecule has 24 heavy (non-hydrogen) atoms. The van der Waals surface area contributed by atoms with Gasteiger partial charge in [0.15, 0.2) is 0 Å². The van der Waals surface area contributed by atoms with Gasteiger partial charge in [0.25, 0.3) is 5.91 Å². The van der Waals surface area contributed by atoms with Crippen molar-refractivity contribution in [1.29, 1.82) is 0 Å². The number of nitrogens with zero attached hydrogens (tertiary/aromatic N) is 2. The van der Waals surface area contributed by atoms with Crippen LogP contribution >= 0.6 is 0 Å². The molecule has 1 atom stereocenters. The fourth-order valence-electron chi connectivity index (χ4n) is 3.66. The average Bonchev–Trinajstić information content (AvgIpc) is 2.78. The number of amides is 1. The van der Waals surface area contributed by atoms with Crippen molar-refractivity contribution in [2.75, 3.05) is 39.3 Å². The normalized spacial score (nSPS) is 23.1. The van der Waals surface area contributed by atoms with E-state index in [0.717, 1.165) is 32.0 Å². The first kappa shape index (κ1) is 19.5. The van der Waals surface area contributed by atoms with Crippen LogP contribution in [0.3, 0.4) is 0 Å². The number of ether oxygens (including phenoxy) is 1. The number of rotatable bonds is 5. The van der Waals surface area contributed by atoms with Crippen molar-refractivity contribution >= 4 is 5.91 Å². The van der Waals surface area contributed by atoms with Crippen molar-refractivity contribution in [2.24, 2.45) is 5.92 Å². The average molecular weight is 350 g/mol. The Morgan fingerprint density at radius 1 is 1.08 bits per heavy atom. The van der Waals surface area contributed by atoms with Crippen molar-refractivity contribution in [2.45, 2.75) is 57.7 Å². The topological polar surface area (TPSA) is 32.8 Å². The SMILES string of the molecule is CC(OCC(F)(F)F)C(=O)N1CCCN(CC2CCCCC2)CC1. The quantitative estimate of drug-likeness (QED) is 0.764. The molecule has 2 fully saturated rings. The van der Waals surface area contributed by atoms with E-state index in [4.69, 9.17) is 0 Å². The van der Waals surface area contributed by atoms with Gasteiger partial charge in [-0.05, 0) is 38.6 Å². The summed E-state index contributed by atoms with van der Waals surface area (Å²) < 4.78 is 41.3. The lowest BCUT2D eigenvalue weighted by molar-refractivity contribution is -0.188. The molecule has 140 valence electrons. The third kappa shape index (κ3) is 6.59. The van der Waals surface area contributed by atoms with Crippen molar-refractivity contribution in [3.8, 4) is 0 Å². The van der Waals surface area contributed by atoms with Crippen LogP contribution in [0, 0.1) is 5.92 Å². The van der Waals surface area contributed by atoms with Gasteiger partial charge in [-0.1, -0.05) is 19.3 Å². The molecule has 1 unspecified atom stereocenters. The molecule has 1 aliphatic heterocycles. The first-order valence-corrected chi connectivity index (χ1v) is 9.04. The molecular weight excluding hydrogens is 321 g/mol. The zero-order valence-electron chi connectivity index (χ0n) is 14.5. The molecule has 0 bridgehead atoms. The maximum absolute atomic E-state index is 12.3. The molecule has 2 aliphatic rings. The maximum Gasteiger partial charge on any atom is 0.411 e. The number of hydrogen-bond acceptors (Lipinski definition) is 3. The molecule has 1 amide bonds. The molecule has 1 heterocycles. The van der Waals surface area contributed by atoms with E-state index in [2.05, 4.69) is 9.64 Å². The summed E-state index contributed by atoms with van der Waals surface area (Å²) in [6, 6.07) is 0. The van der Waals surface area contributed by atoms with Gasteiger partial charge in [-0.15, -0.1) is 0 Å². The van der Waals surface area contributed by atoms with Crippen molar-refractivity contribution in [3.05, 3.63) is 0 Å². The molecule has 0 aromatic rings. The largest absolute Gasteiger partial charge is 0.411 e. The Kier molecular flexibility index (Phi) is 7.34. The van der Waals surface area contributed by atoms with E-state index in [9.17, 15) is 18.0 Å². The highest BCUT2D eigenvalue weighted by Crippen LogP contribution is 2.25. The summed E-state index contributed by atoms with van der Waals surface area (Å²) in [5, 5.41) is 0. The first-order chi connectivity index (χ1) is 11.3. The molecule has 4 nitrogen and oxygen atoms in total. The second kappa shape index (κ2) is 9.04. The molecular formula is C17H29F3N2O2. The van der Waals surface area contributed by atoms with Crippen LogP contribution in [0.2, 0.25) is 0 Å². The van der Waals surface area contributed by atoms with Gasteiger partial charge >= 0.3 is 6.18 Å². The van der Waals surface area contributed by atoms with Crippen LogP contribution in [0.1, 0.15) is 45.4 Å². The van der Waals surface area contributed by atoms with Gasteiger partial charge in [0.05, 0.1) is 0 Å². The minimum atomic E-state index is -4.40. The number of halogens is 3. The van der Waals surface area contributed by atoms with E-state index < -0.39 is 18.9 Å². The number of carbonyl (C=O) groups is 1. The molecule has 1 aliphatic carbocycles. The van der Waals surface area contributed by atoms with Gasteiger partial charge in [0, 0.05) is 26.2 Å². The van der Waals surface area contributed by atoms with Gasteiger partial charge in [-0.3, -0.25) is 4.79 Å². The Balaban J connectivity index is 1.75. The van der Waals surface area contributed by atoms with Gasteiger partial charge in [-0.2, -0.15) is 13.2 Å². The Labute approximate surface area is 142 Å². The molecule has 0 N–H and O–H groups in total. The fraction of sp³-hybridized carbons (Fsp3) is 0.941. The van der Waals surface area contributed by atoms with Crippen LogP contribution < -0.4 is 0 Å². The van der Waals surface area contributed by atoms with Gasteiger partial charge < -0.3 is 14.5 Å². The molecule has 0 aromatic heterocycles. The highest BCUT2D eigenvalue weighted by atomic mass is 19.4. The van der Waals surface area contributed by atoms with Gasteiger partial charge in [0.1, 0.15) is 12.7 Å². The Morgan fingerprint density at radius 3 is 2.46 bits per heavy atom. The molecule has 1 saturated heterocycles. The van der Waals surface area contributed by atoms with E-state index in [1.807, 2.05) is 0 Å². The second-order valence-corrected chi connectivity index (χ2v) is 7.05. The summed E-state index contributed by atoms with van der Waals surface area (Å²) in [5.41, 5.74) is 0. The van der Waals surface area contributed by atoms with Crippen molar-refractivity contribution in [1.82, 2.24) is 9.80 Å². The van der Waals surface area contributed by atoms with Crippen LogP contribution in [-0.4, -0.2) is 67.3 Å². The summed E-state index contributed by atoms with van der Waals surface area (Å²) in [6.45, 7) is 4.04. The van der Waals surface area contributed by atoms with Crippen LogP contribution in [-0.2, 0) is 9.53 Å². The zero-order valence-corrected chi connectivity index (χ0v) is 14.5. The van der Waals surface area contributed by atoms with Crippen LogP contribution in [0.5, 0.6) is 0 Å². The number of hydrogen-bond donors (Lipinski definition) is 0. The standard InChI is InChI=1S/C17H29F3N2O2/c1-14(24-13-17(18,19)20)16(23)22-9-5-8-21(10-11-22)12-15-6-3-2-4-7-15/h14-15H,2-13H2,1H3. The zero-order chi connectivity index (χ0) is 17.6. The van der Waals surface area contributed by atoms with E-state index in [1.54, 1.807) is 4.90 Å². The highest BCUT2D eigenvalue weighted by molar-refractivity contribution is 5.80. The third-order valence-electron chi connectivity index (χ3n) is 4.99. The summed E-state index contributed by atoms with van der Waals surface area (Å²) in [5.74, 6) is 0.425. The highest BCUT2D eigenvalue weighted by Gasteiger charge is 2.31. The number of carbonyl (C=O) groups excluding carboxylic acids is 1. The minimum Gasteiger partial charge on any atom is -0.359 e. The number of alkyl halides is 3. The van der Waals surface area contributed by atoms with E-state index in [1.165, 1.54) is 39.0 Å². The summed E-state index contributed by atoms with van der Waals surface area (Å²) in [4.78, 5) is 16.3. The van der Waals surface area contributed by atoms with E-state index in [-0.39, 0.29) is 5.91 Å². The Bertz CT molecular complexity index is 398. The van der Waals surface area contributed by atoms with Crippen molar-refractivity contribution in [3.63, 3.8) is 0 Å². The lowest BCUT2D eigenvalue weighted by Crippen LogP contribution is -2.42. The third-order valence-corrected chi connectivity index (χ3v) is 4.99. The lowest BCUT2D eigenvalue weighted by atomic mass is 9.89. The Morgan fingerprint density at radius 2 is 1.79 bits per heavy atom. The van der Waals surface area contributed by atoms with E-state index in [0.29, 0.717) is 13.1 Å². The second-order valence-electron chi connectivity index (χ2n) is 7.05. The maximum atomic E-state index is 12.3.